The van der Waals surface area contributed by atoms with Crippen molar-refractivity contribution in [2.75, 3.05) is 5.75 Å². The van der Waals surface area contributed by atoms with Crippen molar-refractivity contribution < 1.29 is 14.3 Å². The molecule has 0 aromatic heterocycles. The number of halogens is 1. The number of aromatic carboxylic acids is 1. The van der Waals surface area contributed by atoms with Gasteiger partial charge in [-0.25, -0.2) is 9.18 Å². The first-order valence-corrected chi connectivity index (χ1v) is 7.31. The van der Waals surface area contributed by atoms with Gasteiger partial charge < -0.3 is 5.11 Å². The highest BCUT2D eigenvalue weighted by Crippen LogP contribution is 2.30. The second kappa shape index (κ2) is 6.23. The Balaban J connectivity index is 1.96. The molecule has 98 valence electrons. The molecule has 2 nitrogen and oxygen atoms in total. The maximum atomic E-state index is 13.2. The van der Waals surface area contributed by atoms with Crippen LogP contribution in [0.1, 0.15) is 42.5 Å². The first-order chi connectivity index (χ1) is 8.66. The van der Waals surface area contributed by atoms with Crippen LogP contribution < -0.4 is 0 Å². The van der Waals surface area contributed by atoms with Crippen LogP contribution in [-0.2, 0) is 0 Å². The van der Waals surface area contributed by atoms with Crippen molar-refractivity contribution in [2.45, 2.75) is 37.0 Å². The molecule has 1 aliphatic rings. The third-order valence-electron chi connectivity index (χ3n) is 3.38. The Hall–Kier alpha value is -1.03. The van der Waals surface area contributed by atoms with E-state index in [4.69, 9.17) is 5.11 Å². The van der Waals surface area contributed by atoms with Gasteiger partial charge in [-0.1, -0.05) is 19.3 Å². The van der Waals surface area contributed by atoms with Crippen LogP contribution in [0.3, 0.4) is 0 Å². The summed E-state index contributed by atoms with van der Waals surface area (Å²) in [5.74, 6) is -0.135. The first kappa shape index (κ1) is 13.4. The van der Waals surface area contributed by atoms with Gasteiger partial charge >= 0.3 is 5.97 Å². The molecule has 0 unspecified atom stereocenters. The van der Waals surface area contributed by atoms with Crippen LogP contribution in [0.25, 0.3) is 0 Å². The lowest BCUT2D eigenvalue weighted by Crippen LogP contribution is -2.08. The fourth-order valence-electron chi connectivity index (χ4n) is 2.33. The van der Waals surface area contributed by atoms with E-state index in [-0.39, 0.29) is 5.56 Å². The molecule has 0 atom stereocenters. The average molecular weight is 268 g/mol. The number of thioether (sulfide) groups is 1. The molecule has 0 radical (unpaired) electrons. The summed E-state index contributed by atoms with van der Waals surface area (Å²) in [6.07, 6.45) is 6.46. The predicted octanol–water partition coefficient (Wildman–Crippen LogP) is 4.20. The zero-order chi connectivity index (χ0) is 13.0. The van der Waals surface area contributed by atoms with Gasteiger partial charge in [0.15, 0.2) is 0 Å². The van der Waals surface area contributed by atoms with E-state index >= 15 is 0 Å². The molecule has 1 saturated carbocycles. The zero-order valence-electron chi connectivity index (χ0n) is 10.2. The summed E-state index contributed by atoms with van der Waals surface area (Å²) >= 11 is 1.64. The van der Waals surface area contributed by atoms with Gasteiger partial charge in [0, 0.05) is 10.6 Å². The molecule has 1 aromatic rings. The topological polar surface area (TPSA) is 37.3 Å². The minimum atomic E-state index is -1.20. The van der Waals surface area contributed by atoms with E-state index in [0.717, 1.165) is 16.6 Å². The summed E-state index contributed by atoms with van der Waals surface area (Å²) < 4.78 is 13.2. The molecule has 0 saturated heterocycles. The summed E-state index contributed by atoms with van der Waals surface area (Å²) in [5.41, 5.74) is -0.233. The van der Waals surface area contributed by atoms with Crippen molar-refractivity contribution in [2.24, 2.45) is 5.92 Å². The molecule has 1 N–H and O–H groups in total. The van der Waals surface area contributed by atoms with Crippen LogP contribution in [-0.4, -0.2) is 16.8 Å². The lowest BCUT2D eigenvalue weighted by atomic mass is 9.91. The van der Waals surface area contributed by atoms with Crippen LogP contribution in [0.2, 0.25) is 0 Å². The monoisotopic (exact) mass is 268 g/mol. The summed E-state index contributed by atoms with van der Waals surface area (Å²) in [6.45, 7) is 0. The minimum absolute atomic E-state index is 0.233. The number of carbonyl (C=O) groups is 1. The standard InChI is InChI=1S/C14H17FO2S/c15-13-7-6-11(8-12(13)14(16)17)18-9-10-4-2-1-3-5-10/h6-8,10H,1-5,9H2,(H,16,17). The van der Waals surface area contributed by atoms with E-state index in [0.29, 0.717) is 0 Å². The quantitative estimate of drug-likeness (QED) is 0.832. The van der Waals surface area contributed by atoms with E-state index in [9.17, 15) is 9.18 Å². The highest BCUT2D eigenvalue weighted by molar-refractivity contribution is 7.99. The second-order valence-corrected chi connectivity index (χ2v) is 5.86. The molecule has 1 aliphatic carbocycles. The molecule has 1 aromatic carbocycles. The van der Waals surface area contributed by atoms with Crippen molar-refractivity contribution in [3.63, 3.8) is 0 Å². The molecular weight excluding hydrogens is 251 g/mol. The average Bonchev–Trinajstić information content (AvgIpc) is 2.38. The van der Waals surface area contributed by atoms with Crippen molar-refractivity contribution in [3.05, 3.63) is 29.6 Å². The van der Waals surface area contributed by atoms with Gasteiger partial charge in [0.25, 0.3) is 0 Å². The van der Waals surface area contributed by atoms with Gasteiger partial charge in [-0.2, -0.15) is 0 Å². The number of carboxylic acids is 1. The van der Waals surface area contributed by atoms with Crippen LogP contribution >= 0.6 is 11.8 Å². The second-order valence-electron chi connectivity index (χ2n) is 4.76. The maximum absolute atomic E-state index is 13.2. The van der Waals surface area contributed by atoms with Crippen LogP contribution in [0.15, 0.2) is 23.1 Å². The van der Waals surface area contributed by atoms with E-state index in [1.54, 1.807) is 17.8 Å². The summed E-state index contributed by atoms with van der Waals surface area (Å²) in [5, 5.41) is 8.86. The Morgan fingerprint density at radius 2 is 2.06 bits per heavy atom. The molecule has 0 amide bonds. The van der Waals surface area contributed by atoms with Gasteiger partial charge in [-0.3, -0.25) is 0 Å². The minimum Gasteiger partial charge on any atom is -0.478 e. The molecule has 2 rings (SSSR count). The van der Waals surface area contributed by atoms with Gasteiger partial charge in [-0.15, -0.1) is 11.8 Å². The maximum Gasteiger partial charge on any atom is 0.338 e. The van der Waals surface area contributed by atoms with E-state index in [1.807, 2.05) is 0 Å². The predicted molar refractivity (Wildman–Crippen MR) is 70.7 cm³/mol. The summed E-state index contributed by atoms with van der Waals surface area (Å²) in [7, 11) is 0. The van der Waals surface area contributed by atoms with Crippen molar-refractivity contribution in [1.82, 2.24) is 0 Å². The Bertz CT molecular complexity index is 428. The molecule has 0 bridgehead atoms. The Labute approximate surface area is 111 Å². The molecule has 1 fully saturated rings. The zero-order valence-corrected chi connectivity index (χ0v) is 11.0. The molecule has 0 aliphatic heterocycles. The molecule has 18 heavy (non-hydrogen) atoms. The van der Waals surface area contributed by atoms with E-state index in [2.05, 4.69) is 0 Å². The van der Waals surface area contributed by atoms with Crippen LogP contribution in [0, 0.1) is 11.7 Å². The van der Waals surface area contributed by atoms with Crippen LogP contribution in [0.4, 0.5) is 4.39 Å². The van der Waals surface area contributed by atoms with Gasteiger partial charge in [0.1, 0.15) is 5.82 Å². The highest BCUT2D eigenvalue weighted by Gasteiger charge is 2.15. The Morgan fingerprint density at radius 1 is 1.33 bits per heavy atom. The van der Waals surface area contributed by atoms with Crippen molar-refractivity contribution in [3.8, 4) is 0 Å². The number of benzene rings is 1. The van der Waals surface area contributed by atoms with E-state index in [1.165, 1.54) is 44.2 Å². The lowest BCUT2D eigenvalue weighted by Gasteiger charge is -2.20. The van der Waals surface area contributed by atoms with Crippen molar-refractivity contribution in [1.29, 1.82) is 0 Å². The summed E-state index contributed by atoms with van der Waals surface area (Å²) in [6, 6.07) is 4.34. The van der Waals surface area contributed by atoms with Gasteiger partial charge in [0.2, 0.25) is 0 Å². The molecule has 0 heterocycles. The fourth-order valence-corrected chi connectivity index (χ4v) is 3.45. The third kappa shape index (κ3) is 3.48. The Kier molecular flexibility index (Phi) is 4.64. The number of hydrogen-bond acceptors (Lipinski definition) is 2. The van der Waals surface area contributed by atoms with Crippen LogP contribution in [0.5, 0.6) is 0 Å². The van der Waals surface area contributed by atoms with Crippen molar-refractivity contribution >= 4 is 17.7 Å². The lowest BCUT2D eigenvalue weighted by molar-refractivity contribution is 0.0691. The molecule has 0 spiro atoms. The highest BCUT2D eigenvalue weighted by atomic mass is 32.2. The normalized spacial score (nSPS) is 16.7. The third-order valence-corrected chi connectivity index (χ3v) is 4.60. The SMILES string of the molecule is O=C(O)c1cc(SCC2CCCCC2)ccc1F. The molecule has 4 heteroatoms. The Morgan fingerprint density at radius 3 is 2.72 bits per heavy atom. The van der Waals surface area contributed by atoms with Gasteiger partial charge in [0.05, 0.1) is 5.56 Å². The number of rotatable bonds is 4. The fraction of sp³-hybridized carbons (Fsp3) is 0.500. The molecular formula is C14H17FO2S. The largest absolute Gasteiger partial charge is 0.478 e. The van der Waals surface area contributed by atoms with Gasteiger partial charge in [-0.05, 0) is 37.0 Å². The first-order valence-electron chi connectivity index (χ1n) is 6.32. The number of carboxylic acid groups (broad SMARTS) is 1. The van der Waals surface area contributed by atoms with E-state index < -0.39 is 11.8 Å². The summed E-state index contributed by atoms with van der Waals surface area (Å²) in [4.78, 5) is 11.7. The number of hydrogen-bond donors (Lipinski definition) is 1. The smallest absolute Gasteiger partial charge is 0.338 e.